The maximum atomic E-state index is 12.9. The van der Waals surface area contributed by atoms with Crippen LogP contribution in [0.2, 0.25) is 0 Å². The van der Waals surface area contributed by atoms with Gasteiger partial charge in [-0.1, -0.05) is 52.8 Å². The van der Waals surface area contributed by atoms with Crippen molar-refractivity contribution < 1.29 is 18.6 Å². The number of methoxy groups -OCH3 is 1. The Labute approximate surface area is 178 Å². The van der Waals surface area contributed by atoms with Crippen molar-refractivity contribution in [3.8, 4) is 28.5 Å². The van der Waals surface area contributed by atoms with Crippen LogP contribution in [0.15, 0.2) is 69.7 Å². The zero-order valence-electron chi connectivity index (χ0n) is 16.9. The lowest BCUT2D eigenvalue weighted by Crippen LogP contribution is -2.34. The molecule has 1 saturated carbocycles. The minimum atomic E-state index is -0.678. The zero-order chi connectivity index (χ0) is 21.3. The lowest BCUT2D eigenvalue weighted by atomic mass is 10.0. The van der Waals surface area contributed by atoms with Gasteiger partial charge in [0.15, 0.2) is 5.76 Å². The van der Waals surface area contributed by atoms with Crippen molar-refractivity contribution in [1.29, 1.82) is 0 Å². The Morgan fingerprint density at radius 2 is 1.84 bits per heavy atom. The summed E-state index contributed by atoms with van der Waals surface area (Å²) >= 11 is 0. The molecular formula is C23H20N4O4. The first-order chi connectivity index (χ1) is 15.2. The smallest absolute Gasteiger partial charge is 0.246 e. The minimum Gasteiger partial charge on any atom is -0.497 e. The first-order valence-electron chi connectivity index (χ1n) is 9.96. The molecule has 31 heavy (non-hydrogen) atoms. The Balaban J connectivity index is 1.27. The SMILES string of the molecule is COc1cccc(-c2cc(C3(C(=O)NCc4nc(-c5ccccc5)no4)CC3)no2)c1. The highest BCUT2D eigenvalue weighted by Crippen LogP contribution is 2.48. The van der Waals surface area contributed by atoms with Crippen molar-refractivity contribution in [3.05, 3.63) is 72.2 Å². The Morgan fingerprint density at radius 3 is 2.61 bits per heavy atom. The molecule has 0 aliphatic heterocycles. The van der Waals surface area contributed by atoms with Crippen LogP contribution in [-0.2, 0) is 16.8 Å². The molecule has 0 saturated heterocycles. The lowest BCUT2D eigenvalue weighted by molar-refractivity contribution is -0.124. The minimum absolute atomic E-state index is 0.127. The van der Waals surface area contributed by atoms with E-state index < -0.39 is 5.41 Å². The number of hydrogen-bond donors (Lipinski definition) is 1. The van der Waals surface area contributed by atoms with E-state index in [1.807, 2.05) is 60.7 Å². The van der Waals surface area contributed by atoms with Crippen molar-refractivity contribution >= 4 is 5.91 Å². The van der Waals surface area contributed by atoms with E-state index in [2.05, 4.69) is 20.6 Å². The van der Waals surface area contributed by atoms with Gasteiger partial charge in [-0.2, -0.15) is 4.98 Å². The van der Waals surface area contributed by atoms with E-state index in [9.17, 15) is 4.79 Å². The summed E-state index contributed by atoms with van der Waals surface area (Å²) in [5, 5.41) is 11.0. The van der Waals surface area contributed by atoms with Gasteiger partial charge in [0.1, 0.15) is 5.75 Å². The molecule has 8 nitrogen and oxygen atoms in total. The van der Waals surface area contributed by atoms with E-state index in [1.165, 1.54) is 0 Å². The van der Waals surface area contributed by atoms with Crippen LogP contribution in [-0.4, -0.2) is 28.3 Å². The summed E-state index contributed by atoms with van der Waals surface area (Å²) in [7, 11) is 1.61. The molecule has 1 aliphatic rings. The fourth-order valence-corrected chi connectivity index (χ4v) is 3.49. The highest BCUT2D eigenvalue weighted by atomic mass is 16.5. The predicted molar refractivity (Wildman–Crippen MR) is 111 cm³/mol. The molecule has 2 heterocycles. The molecular weight excluding hydrogens is 396 g/mol. The number of nitrogens with zero attached hydrogens (tertiary/aromatic N) is 3. The molecule has 4 aromatic rings. The van der Waals surface area contributed by atoms with Gasteiger partial charge in [0, 0.05) is 17.2 Å². The van der Waals surface area contributed by atoms with Crippen LogP contribution in [0.5, 0.6) is 5.75 Å². The predicted octanol–water partition coefficient (Wildman–Crippen LogP) is 3.75. The molecule has 0 spiro atoms. The molecule has 0 unspecified atom stereocenters. The second kappa shape index (κ2) is 7.71. The second-order valence-corrected chi connectivity index (χ2v) is 7.45. The van der Waals surface area contributed by atoms with E-state index in [1.54, 1.807) is 7.11 Å². The number of amides is 1. The van der Waals surface area contributed by atoms with Crippen LogP contribution in [0.25, 0.3) is 22.7 Å². The van der Waals surface area contributed by atoms with Crippen LogP contribution in [0.3, 0.4) is 0 Å². The van der Waals surface area contributed by atoms with Crippen LogP contribution in [0.4, 0.5) is 0 Å². The van der Waals surface area contributed by atoms with E-state index in [-0.39, 0.29) is 12.5 Å². The Hall–Kier alpha value is -3.94. The molecule has 8 heteroatoms. The molecule has 2 aromatic carbocycles. The van der Waals surface area contributed by atoms with Crippen molar-refractivity contribution in [1.82, 2.24) is 20.6 Å². The maximum Gasteiger partial charge on any atom is 0.246 e. The Morgan fingerprint density at radius 1 is 1.03 bits per heavy atom. The number of nitrogens with one attached hydrogen (secondary N) is 1. The third-order valence-electron chi connectivity index (χ3n) is 5.44. The summed E-state index contributed by atoms with van der Waals surface area (Å²) in [5.41, 5.74) is 1.64. The average Bonchev–Trinajstić information content (AvgIpc) is 3.24. The van der Waals surface area contributed by atoms with E-state index in [4.69, 9.17) is 13.8 Å². The van der Waals surface area contributed by atoms with E-state index in [0.29, 0.717) is 36.0 Å². The number of benzene rings is 2. The van der Waals surface area contributed by atoms with Gasteiger partial charge < -0.3 is 19.1 Å². The fraction of sp³-hybridized carbons (Fsp3) is 0.217. The van der Waals surface area contributed by atoms with Crippen molar-refractivity contribution in [2.75, 3.05) is 7.11 Å². The molecule has 1 fully saturated rings. The Kier molecular flexibility index (Phi) is 4.74. The quantitative estimate of drug-likeness (QED) is 0.489. The third kappa shape index (κ3) is 3.68. The van der Waals surface area contributed by atoms with Crippen LogP contribution >= 0.6 is 0 Å². The first kappa shape index (κ1) is 19.0. The molecule has 1 aliphatic carbocycles. The second-order valence-electron chi connectivity index (χ2n) is 7.45. The topological polar surface area (TPSA) is 103 Å². The lowest BCUT2D eigenvalue weighted by Gasteiger charge is -2.10. The van der Waals surface area contributed by atoms with Gasteiger partial charge in [-0.15, -0.1) is 0 Å². The standard InChI is InChI=1S/C23H20N4O4/c1-29-17-9-5-8-16(12-17)18-13-19(26-30-18)23(10-11-23)22(28)24-14-20-25-21(27-31-20)15-6-3-2-4-7-15/h2-9,12-13H,10-11,14H2,1H3,(H,24,28). The van der Waals surface area contributed by atoms with Crippen LogP contribution in [0.1, 0.15) is 24.4 Å². The monoisotopic (exact) mass is 416 g/mol. The summed E-state index contributed by atoms with van der Waals surface area (Å²) in [5.74, 6) is 2.03. The average molecular weight is 416 g/mol. The largest absolute Gasteiger partial charge is 0.497 e. The van der Waals surface area contributed by atoms with Crippen molar-refractivity contribution in [2.45, 2.75) is 24.8 Å². The van der Waals surface area contributed by atoms with E-state index >= 15 is 0 Å². The normalized spacial score (nSPS) is 14.2. The third-order valence-corrected chi connectivity index (χ3v) is 5.44. The molecule has 0 radical (unpaired) electrons. The summed E-state index contributed by atoms with van der Waals surface area (Å²) in [4.78, 5) is 17.3. The van der Waals surface area contributed by atoms with Crippen molar-refractivity contribution in [3.63, 3.8) is 0 Å². The molecule has 0 bridgehead atoms. The number of carbonyl (C=O) groups excluding carboxylic acids is 1. The summed E-state index contributed by atoms with van der Waals surface area (Å²) in [6.07, 6.45) is 1.42. The summed E-state index contributed by atoms with van der Waals surface area (Å²) in [6, 6.07) is 18.9. The fourth-order valence-electron chi connectivity index (χ4n) is 3.49. The molecule has 2 aromatic heterocycles. The van der Waals surface area contributed by atoms with Crippen LogP contribution in [0, 0.1) is 0 Å². The summed E-state index contributed by atoms with van der Waals surface area (Å²) < 4.78 is 16.0. The highest BCUT2D eigenvalue weighted by molar-refractivity contribution is 5.90. The van der Waals surface area contributed by atoms with Gasteiger partial charge >= 0.3 is 0 Å². The van der Waals surface area contributed by atoms with Gasteiger partial charge in [0.2, 0.25) is 17.6 Å². The highest BCUT2D eigenvalue weighted by Gasteiger charge is 2.53. The van der Waals surface area contributed by atoms with Crippen molar-refractivity contribution in [2.24, 2.45) is 0 Å². The molecule has 1 amide bonds. The van der Waals surface area contributed by atoms with Gasteiger partial charge in [-0.3, -0.25) is 4.79 Å². The van der Waals surface area contributed by atoms with Gasteiger partial charge in [0.05, 0.1) is 24.8 Å². The number of hydrogen-bond acceptors (Lipinski definition) is 7. The number of ether oxygens (including phenoxy) is 1. The number of aromatic nitrogens is 3. The van der Waals surface area contributed by atoms with Crippen LogP contribution < -0.4 is 10.1 Å². The Bertz CT molecular complexity index is 1210. The molecule has 0 atom stereocenters. The molecule has 156 valence electrons. The number of rotatable bonds is 7. The molecule has 5 rings (SSSR count). The molecule has 1 N–H and O–H groups in total. The van der Waals surface area contributed by atoms with Gasteiger partial charge in [0.25, 0.3) is 0 Å². The summed E-state index contributed by atoms with van der Waals surface area (Å²) in [6.45, 7) is 0.154. The van der Waals surface area contributed by atoms with E-state index in [0.717, 1.165) is 16.9 Å². The van der Waals surface area contributed by atoms with Gasteiger partial charge in [-0.25, -0.2) is 0 Å². The van der Waals surface area contributed by atoms with Gasteiger partial charge in [-0.05, 0) is 25.0 Å². The number of carbonyl (C=O) groups is 1. The maximum absolute atomic E-state index is 12.9. The zero-order valence-corrected chi connectivity index (χ0v) is 16.9. The first-order valence-corrected chi connectivity index (χ1v) is 9.96.